The molecule has 6 heteroatoms. The molecule has 0 aromatic heterocycles. The van der Waals surface area contributed by atoms with Gasteiger partial charge in [-0.3, -0.25) is 9.59 Å². The summed E-state index contributed by atoms with van der Waals surface area (Å²) in [5, 5.41) is 23.7. The summed E-state index contributed by atoms with van der Waals surface area (Å²) >= 11 is 0. The zero-order chi connectivity index (χ0) is 42.4. The van der Waals surface area contributed by atoms with Crippen LogP contribution in [-0.4, -0.2) is 46.9 Å². The molecule has 0 bridgehead atoms. The lowest BCUT2D eigenvalue weighted by molar-refractivity contribution is -0.151. The summed E-state index contributed by atoms with van der Waals surface area (Å²) in [4.78, 5) is 26.0. The van der Waals surface area contributed by atoms with Crippen molar-refractivity contribution >= 4 is 11.9 Å². The van der Waals surface area contributed by atoms with Gasteiger partial charge < -0.3 is 20.3 Å². The van der Waals surface area contributed by atoms with E-state index in [4.69, 9.17) is 4.74 Å². The van der Waals surface area contributed by atoms with Crippen molar-refractivity contribution in [2.45, 2.75) is 238 Å². The summed E-state index contributed by atoms with van der Waals surface area (Å²) < 4.78 is 5.86. The average molecular weight is 810 g/mol. The van der Waals surface area contributed by atoms with Crippen LogP contribution in [0.3, 0.4) is 0 Å². The van der Waals surface area contributed by atoms with Gasteiger partial charge in [0.2, 0.25) is 5.91 Å². The summed E-state index contributed by atoms with van der Waals surface area (Å²) in [6.45, 7) is 6.25. The van der Waals surface area contributed by atoms with Crippen molar-refractivity contribution in [3.05, 3.63) is 72.9 Å². The van der Waals surface area contributed by atoms with E-state index in [2.05, 4.69) is 56.5 Å². The molecule has 0 spiro atoms. The van der Waals surface area contributed by atoms with Crippen molar-refractivity contribution in [2.75, 3.05) is 6.61 Å². The number of carbonyl (C=O) groups excluding carboxylic acids is 2. The lowest BCUT2D eigenvalue weighted by atomic mass is 10.0. The molecule has 0 heterocycles. The molecule has 3 atom stereocenters. The summed E-state index contributed by atoms with van der Waals surface area (Å²) in [6.07, 6.45) is 56.8. The molecule has 3 unspecified atom stereocenters. The quantitative estimate of drug-likeness (QED) is 0.0247. The van der Waals surface area contributed by atoms with Gasteiger partial charge in [-0.1, -0.05) is 216 Å². The van der Waals surface area contributed by atoms with E-state index in [9.17, 15) is 19.8 Å². The first-order chi connectivity index (χ1) is 28.5. The van der Waals surface area contributed by atoms with Crippen LogP contribution in [0, 0.1) is 0 Å². The van der Waals surface area contributed by atoms with Crippen LogP contribution in [-0.2, 0) is 14.3 Å². The lowest BCUT2D eigenvalue weighted by Crippen LogP contribution is -2.46. The van der Waals surface area contributed by atoms with E-state index in [-0.39, 0.29) is 24.9 Å². The monoisotopic (exact) mass is 810 g/mol. The van der Waals surface area contributed by atoms with Gasteiger partial charge in [0.15, 0.2) is 0 Å². The van der Waals surface area contributed by atoms with Gasteiger partial charge in [-0.05, 0) is 64.2 Å². The van der Waals surface area contributed by atoms with E-state index in [0.29, 0.717) is 19.3 Å². The number of hydrogen-bond donors (Lipinski definition) is 3. The molecule has 0 radical (unpaired) electrons. The predicted molar refractivity (Wildman–Crippen MR) is 250 cm³/mol. The summed E-state index contributed by atoms with van der Waals surface area (Å²) in [5.41, 5.74) is 0. The molecule has 0 rings (SSSR count). The Bertz CT molecular complexity index is 1090. The first kappa shape index (κ1) is 55.3. The number of hydrogen-bond acceptors (Lipinski definition) is 5. The van der Waals surface area contributed by atoms with Gasteiger partial charge >= 0.3 is 5.97 Å². The first-order valence-corrected chi connectivity index (χ1v) is 24.2. The van der Waals surface area contributed by atoms with Crippen LogP contribution in [0.5, 0.6) is 0 Å². The van der Waals surface area contributed by atoms with Gasteiger partial charge in [0.25, 0.3) is 0 Å². The fourth-order valence-corrected chi connectivity index (χ4v) is 6.98. The van der Waals surface area contributed by atoms with E-state index in [1.807, 2.05) is 42.5 Å². The van der Waals surface area contributed by atoms with Gasteiger partial charge in [-0.25, -0.2) is 0 Å². The molecule has 0 saturated heterocycles. The van der Waals surface area contributed by atoms with Gasteiger partial charge in [-0.2, -0.15) is 0 Å². The molecule has 0 aliphatic heterocycles. The molecule has 0 aliphatic rings. The highest BCUT2D eigenvalue weighted by Crippen LogP contribution is 2.17. The van der Waals surface area contributed by atoms with E-state index >= 15 is 0 Å². The highest BCUT2D eigenvalue weighted by Gasteiger charge is 2.24. The summed E-state index contributed by atoms with van der Waals surface area (Å²) in [5.74, 6) is -0.547. The largest absolute Gasteiger partial charge is 0.462 e. The van der Waals surface area contributed by atoms with Crippen molar-refractivity contribution in [1.29, 1.82) is 0 Å². The standard InChI is InChI=1S/C52H91NO5/c1-4-7-10-13-16-19-21-23-25-27-28-30-32-35-38-41-44-50(55)49(47-54)53-51(56)46-48(43-40-37-34-18-15-12-9-6-3)58-52(57)45-42-39-36-33-31-29-26-24-22-20-17-14-11-8-5-2/h8,11-12,14-15,17,20,22,24,26,29,31,48-50,54-55H,4-7,9-10,13,16,18-19,21,23,25,27-28,30,32-47H2,1-3H3,(H,53,56)/b11-8+,15-12-,17-14+,22-20-,26-24-,31-29+. The number of ether oxygens (including phenoxy) is 1. The number of nitrogens with one attached hydrogen (secondary N) is 1. The number of rotatable bonds is 42. The van der Waals surface area contributed by atoms with E-state index in [0.717, 1.165) is 89.9 Å². The Morgan fingerprint density at radius 1 is 0.517 bits per heavy atom. The third kappa shape index (κ3) is 40.1. The molecule has 58 heavy (non-hydrogen) atoms. The number of esters is 1. The van der Waals surface area contributed by atoms with Crippen molar-refractivity contribution in [1.82, 2.24) is 5.32 Å². The van der Waals surface area contributed by atoms with Gasteiger partial charge in [-0.15, -0.1) is 0 Å². The third-order valence-electron chi connectivity index (χ3n) is 10.6. The Labute approximate surface area is 358 Å². The molecular weight excluding hydrogens is 719 g/mol. The second-order valence-electron chi connectivity index (χ2n) is 16.2. The topological polar surface area (TPSA) is 95.9 Å². The maximum atomic E-state index is 13.1. The Morgan fingerprint density at radius 3 is 1.53 bits per heavy atom. The fraction of sp³-hybridized carbons (Fsp3) is 0.731. The molecule has 334 valence electrons. The van der Waals surface area contributed by atoms with Crippen LogP contribution in [0.1, 0.15) is 220 Å². The van der Waals surface area contributed by atoms with E-state index < -0.39 is 18.2 Å². The SMILES string of the molecule is CC/C=C/C=C/C=C\C=C/C=C/CCCCCC(=O)OC(CCCCC/C=C\CCC)CC(=O)NC(CO)C(O)CCCCCCCCCCCCCCCCCC. The molecule has 0 fully saturated rings. The van der Waals surface area contributed by atoms with Gasteiger partial charge in [0.05, 0.1) is 25.2 Å². The number of aliphatic hydroxyl groups is 2. The Kier molecular flexibility index (Phi) is 43.3. The minimum atomic E-state index is -0.801. The minimum absolute atomic E-state index is 0.0457. The Morgan fingerprint density at radius 2 is 0.983 bits per heavy atom. The Balaban J connectivity index is 4.51. The summed E-state index contributed by atoms with van der Waals surface area (Å²) in [7, 11) is 0. The number of aliphatic hydroxyl groups excluding tert-OH is 2. The lowest BCUT2D eigenvalue weighted by Gasteiger charge is -2.24. The normalized spacial score (nSPS) is 13.9. The molecule has 0 aromatic rings. The van der Waals surface area contributed by atoms with Crippen LogP contribution in [0.2, 0.25) is 0 Å². The number of amides is 1. The molecule has 0 aliphatic carbocycles. The van der Waals surface area contributed by atoms with E-state index in [1.54, 1.807) is 0 Å². The maximum Gasteiger partial charge on any atom is 0.306 e. The van der Waals surface area contributed by atoms with Crippen LogP contribution < -0.4 is 5.32 Å². The zero-order valence-corrected chi connectivity index (χ0v) is 37.9. The molecule has 3 N–H and O–H groups in total. The van der Waals surface area contributed by atoms with Gasteiger partial charge in [0.1, 0.15) is 6.10 Å². The van der Waals surface area contributed by atoms with Crippen molar-refractivity contribution in [3.63, 3.8) is 0 Å². The highest BCUT2D eigenvalue weighted by molar-refractivity contribution is 5.77. The molecule has 0 aromatic carbocycles. The van der Waals surface area contributed by atoms with Crippen LogP contribution in [0.4, 0.5) is 0 Å². The minimum Gasteiger partial charge on any atom is -0.462 e. The first-order valence-electron chi connectivity index (χ1n) is 24.2. The number of unbranched alkanes of at least 4 members (excludes halogenated alkanes) is 22. The van der Waals surface area contributed by atoms with E-state index in [1.165, 1.54) is 83.5 Å². The molecular formula is C52H91NO5. The highest BCUT2D eigenvalue weighted by atomic mass is 16.5. The smallest absolute Gasteiger partial charge is 0.306 e. The maximum absolute atomic E-state index is 13.1. The van der Waals surface area contributed by atoms with Crippen molar-refractivity contribution < 1.29 is 24.5 Å². The zero-order valence-electron chi connectivity index (χ0n) is 37.9. The summed E-state index contributed by atoms with van der Waals surface area (Å²) in [6, 6.07) is -0.716. The second-order valence-corrected chi connectivity index (χ2v) is 16.2. The van der Waals surface area contributed by atoms with Crippen LogP contribution in [0.15, 0.2) is 72.9 Å². The third-order valence-corrected chi connectivity index (χ3v) is 10.6. The average Bonchev–Trinajstić information content (AvgIpc) is 3.22. The molecule has 0 saturated carbocycles. The molecule has 6 nitrogen and oxygen atoms in total. The van der Waals surface area contributed by atoms with Crippen LogP contribution >= 0.6 is 0 Å². The van der Waals surface area contributed by atoms with Crippen molar-refractivity contribution in [3.8, 4) is 0 Å². The predicted octanol–water partition coefficient (Wildman–Crippen LogP) is 14.2. The second kappa shape index (κ2) is 45.4. The molecule has 1 amide bonds. The Hall–Kier alpha value is -2.70. The number of allylic oxidation sites excluding steroid dienone is 12. The van der Waals surface area contributed by atoms with Crippen LogP contribution in [0.25, 0.3) is 0 Å². The van der Waals surface area contributed by atoms with Gasteiger partial charge in [0, 0.05) is 6.42 Å². The van der Waals surface area contributed by atoms with Crippen molar-refractivity contribution in [2.24, 2.45) is 0 Å². The number of carbonyl (C=O) groups is 2. The fourth-order valence-electron chi connectivity index (χ4n) is 6.98.